The summed E-state index contributed by atoms with van der Waals surface area (Å²) >= 11 is 0. The van der Waals surface area contributed by atoms with Gasteiger partial charge in [-0.15, -0.1) is 0 Å². The number of nitrogens with two attached hydrogens (primary N) is 1. The van der Waals surface area contributed by atoms with Gasteiger partial charge in [0, 0.05) is 17.4 Å². The highest BCUT2D eigenvalue weighted by Crippen LogP contribution is 2.35. The number of hydrogen-bond acceptors (Lipinski definition) is 6. The molecule has 1 aromatic heterocycles. The summed E-state index contributed by atoms with van der Waals surface area (Å²) in [6.07, 6.45) is -2.98. The number of benzene rings is 2. The van der Waals surface area contributed by atoms with Crippen molar-refractivity contribution in [3.8, 4) is 11.6 Å². The zero-order valence-electron chi connectivity index (χ0n) is 19.1. The first-order chi connectivity index (χ1) is 16.5. The number of hydrogen-bond donors (Lipinski definition) is 1. The van der Waals surface area contributed by atoms with Gasteiger partial charge in [-0.05, 0) is 54.8 Å². The number of urea groups is 1. The smallest absolute Gasteiger partial charge is 0.416 e. The van der Waals surface area contributed by atoms with Crippen molar-refractivity contribution in [1.82, 2.24) is 9.97 Å². The molecule has 0 bridgehead atoms. The van der Waals surface area contributed by atoms with Crippen molar-refractivity contribution in [2.24, 2.45) is 0 Å². The molecule has 4 rings (SSSR count). The third-order valence-electron chi connectivity index (χ3n) is 5.49. The molecule has 182 valence electrons. The van der Waals surface area contributed by atoms with Gasteiger partial charge in [0.15, 0.2) is 0 Å². The molecule has 0 atom stereocenters. The molecule has 11 heteroatoms. The van der Waals surface area contributed by atoms with Crippen LogP contribution in [0.25, 0.3) is 0 Å². The predicted octanol–water partition coefficient (Wildman–Crippen LogP) is 5.27. The molecule has 1 fully saturated rings. The first-order valence-electron chi connectivity index (χ1n) is 10.7. The summed E-state index contributed by atoms with van der Waals surface area (Å²) in [6, 6.07) is 8.30. The lowest BCUT2D eigenvalue weighted by molar-refractivity contribution is -0.137. The van der Waals surface area contributed by atoms with Gasteiger partial charge in [-0.3, -0.25) is 9.69 Å². The number of aryl methyl sites for hydroxylation is 1. The Morgan fingerprint density at radius 2 is 1.86 bits per heavy atom. The number of carbonyl (C=O) groups excluding carboxylic acids is 2. The fraction of sp³-hybridized carbons (Fsp3) is 0.250. The van der Waals surface area contributed by atoms with Crippen LogP contribution in [0.4, 0.5) is 35.3 Å². The van der Waals surface area contributed by atoms with Crippen LogP contribution >= 0.6 is 0 Å². The van der Waals surface area contributed by atoms with Crippen molar-refractivity contribution in [2.45, 2.75) is 32.9 Å². The van der Waals surface area contributed by atoms with E-state index in [4.69, 9.17) is 10.5 Å². The lowest BCUT2D eigenvalue weighted by Crippen LogP contribution is -2.33. The Kier molecular flexibility index (Phi) is 6.10. The van der Waals surface area contributed by atoms with Gasteiger partial charge < -0.3 is 10.5 Å². The van der Waals surface area contributed by atoms with E-state index in [1.54, 1.807) is 25.3 Å². The number of amides is 3. The van der Waals surface area contributed by atoms with E-state index in [2.05, 4.69) is 9.97 Å². The summed E-state index contributed by atoms with van der Waals surface area (Å²) in [5, 5.41) is 0. The van der Waals surface area contributed by atoms with E-state index >= 15 is 0 Å². The summed E-state index contributed by atoms with van der Waals surface area (Å²) in [5.74, 6) is 0.270. The fourth-order valence-electron chi connectivity index (χ4n) is 3.71. The number of imide groups is 1. The number of rotatable bonds is 5. The Morgan fingerprint density at radius 3 is 2.51 bits per heavy atom. The minimum Gasteiger partial charge on any atom is -0.439 e. The van der Waals surface area contributed by atoms with Crippen LogP contribution in [-0.2, 0) is 11.0 Å². The number of ether oxygens (including phenoxy) is 1. The molecule has 0 unspecified atom stereocenters. The van der Waals surface area contributed by atoms with Gasteiger partial charge in [-0.1, -0.05) is 19.9 Å². The number of halogens is 3. The molecule has 3 amide bonds. The molecular weight excluding hydrogens is 463 g/mol. The van der Waals surface area contributed by atoms with Crippen LogP contribution in [-0.4, -0.2) is 28.5 Å². The Labute approximate surface area is 199 Å². The highest BCUT2D eigenvalue weighted by atomic mass is 19.4. The summed E-state index contributed by atoms with van der Waals surface area (Å²) < 4.78 is 45.2. The molecular formula is C24H22F3N5O3. The Balaban J connectivity index is 1.60. The highest BCUT2D eigenvalue weighted by molar-refractivity contribution is 6.27. The third kappa shape index (κ3) is 4.75. The maximum Gasteiger partial charge on any atom is 0.416 e. The average Bonchev–Trinajstić information content (AvgIpc) is 3.07. The van der Waals surface area contributed by atoms with E-state index in [0.717, 1.165) is 27.5 Å². The molecule has 0 saturated carbocycles. The molecule has 2 N–H and O–H groups in total. The number of nitrogen functional groups attached to an aromatic ring is 1. The van der Waals surface area contributed by atoms with E-state index in [9.17, 15) is 22.8 Å². The van der Waals surface area contributed by atoms with Gasteiger partial charge >= 0.3 is 12.2 Å². The minimum absolute atomic E-state index is 0.0131. The van der Waals surface area contributed by atoms with Crippen LogP contribution in [0.1, 0.15) is 36.5 Å². The van der Waals surface area contributed by atoms with E-state index in [1.807, 2.05) is 13.8 Å². The zero-order valence-corrected chi connectivity index (χ0v) is 19.1. The Hall–Kier alpha value is -4.15. The van der Waals surface area contributed by atoms with E-state index in [-0.39, 0.29) is 24.1 Å². The van der Waals surface area contributed by atoms with Crippen LogP contribution in [0.5, 0.6) is 11.6 Å². The minimum atomic E-state index is -4.57. The van der Waals surface area contributed by atoms with Crippen molar-refractivity contribution in [1.29, 1.82) is 0 Å². The quantitative estimate of drug-likeness (QED) is 0.494. The Bertz CT molecular complexity index is 1310. The molecule has 35 heavy (non-hydrogen) atoms. The highest BCUT2D eigenvalue weighted by Gasteiger charge is 2.40. The van der Waals surface area contributed by atoms with E-state index in [1.165, 1.54) is 18.2 Å². The second-order valence-electron chi connectivity index (χ2n) is 8.34. The number of carbonyl (C=O) groups is 2. The fourth-order valence-corrected chi connectivity index (χ4v) is 3.71. The molecule has 1 saturated heterocycles. The summed E-state index contributed by atoms with van der Waals surface area (Å²) in [4.78, 5) is 35.9. The van der Waals surface area contributed by atoms with Crippen molar-refractivity contribution in [3.63, 3.8) is 0 Å². The van der Waals surface area contributed by atoms with Gasteiger partial charge in [0.05, 0.1) is 11.3 Å². The molecule has 3 aromatic rings. The summed E-state index contributed by atoms with van der Waals surface area (Å²) in [6.45, 7) is 5.22. The second kappa shape index (κ2) is 8.90. The van der Waals surface area contributed by atoms with Crippen LogP contribution in [0.2, 0.25) is 0 Å². The molecule has 1 aliphatic rings. The number of aromatic nitrogens is 2. The zero-order chi connectivity index (χ0) is 25.5. The van der Waals surface area contributed by atoms with Crippen LogP contribution in [0, 0.1) is 6.92 Å². The molecule has 2 aromatic carbocycles. The number of anilines is 3. The molecule has 0 aliphatic carbocycles. The number of nitrogens with zero attached hydrogens (tertiary/aromatic N) is 4. The largest absolute Gasteiger partial charge is 0.439 e. The van der Waals surface area contributed by atoms with E-state index in [0.29, 0.717) is 22.9 Å². The molecule has 0 radical (unpaired) electrons. The van der Waals surface area contributed by atoms with Gasteiger partial charge in [0.2, 0.25) is 11.8 Å². The SMILES string of the molecule is Cc1cc(Oc2nc(N)ncc2C(C)C)ccc1N1C(=O)CN(c2cccc(C(F)(F)F)c2)C1=O. The van der Waals surface area contributed by atoms with Crippen molar-refractivity contribution in [3.05, 3.63) is 65.4 Å². The average molecular weight is 485 g/mol. The monoisotopic (exact) mass is 485 g/mol. The summed E-state index contributed by atoms with van der Waals surface area (Å²) in [5.41, 5.74) is 6.37. The molecule has 0 spiro atoms. The van der Waals surface area contributed by atoms with Gasteiger partial charge in [-0.2, -0.15) is 18.2 Å². The first kappa shape index (κ1) is 24.0. The topological polar surface area (TPSA) is 102 Å². The first-order valence-corrected chi connectivity index (χ1v) is 10.7. The van der Waals surface area contributed by atoms with Crippen LogP contribution in [0.3, 0.4) is 0 Å². The van der Waals surface area contributed by atoms with Crippen LogP contribution < -0.4 is 20.3 Å². The number of alkyl halides is 3. The maximum absolute atomic E-state index is 13.1. The van der Waals surface area contributed by atoms with Crippen molar-refractivity contribution >= 4 is 29.3 Å². The van der Waals surface area contributed by atoms with Crippen molar-refractivity contribution < 1.29 is 27.5 Å². The van der Waals surface area contributed by atoms with Gasteiger partial charge in [0.25, 0.3) is 5.91 Å². The van der Waals surface area contributed by atoms with Gasteiger partial charge in [0.1, 0.15) is 12.3 Å². The second-order valence-corrected chi connectivity index (χ2v) is 8.34. The molecule has 1 aliphatic heterocycles. The third-order valence-corrected chi connectivity index (χ3v) is 5.49. The predicted molar refractivity (Wildman–Crippen MR) is 123 cm³/mol. The standard InChI is InChI=1S/C24H22F3N5O3/c1-13(2)18-11-29-22(28)30-21(18)35-17-7-8-19(14(3)9-17)32-20(33)12-31(23(32)34)16-6-4-5-15(10-16)24(25,26)27/h4-11,13H,12H2,1-3H3,(H2,28,29,30). The van der Waals surface area contributed by atoms with Crippen molar-refractivity contribution in [2.75, 3.05) is 22.1 Å². The molecule has 8 nitrogen and oxygen atoms in total. The lowest BCUT2D eigenvalue weighted by atomic mass is 10.1. The summed E-state index contributed by atoms with van der Waals surface area (Å²) in [7, 11) is 0. The lowest BCUT2D eigenvalue weighted by Gasteiger charge is -2.20. The normalized spacial score (nSPS) is 14.3. The Morgan fingerprint density at radius 1 is 1.11 bits per heavy atom. The maximum atomic E-state index is 13.1. The van der Waals surface area contributed by atoms with Gasteiger partial charge in [-0.25, -0.2) is 14.7 Å². The molecule has 2 heterocycles. The van der Waals surface area contributed by atoms with Crippen LogP contribution in [0.15, 0.2) is 48.7 Å². The van der Waals surface area contributed by atoms with E-state index < -0.39 is 23.7 Å².